The van der Waals surface area contributed by atoms with Crippen LogP contribution in [0.15, 0.2) is 53.3 Å². The molecule has 5 nitrogen and oxygen atoms in total. The van der Waals surface area contributed by atoms with E-state index in [1.807, 2.05) is 32.0 Å². The summed E-state index contributed by atoms with van der Waals surface area (Å²) in [5, 5.41) is 2.80. The van der Waals surface area contributed by atoms with Crippen molar-refractivity contribution in [3.63, 3.8) is 0 Å². The second-order valence-electron chi connectivity index (χ2n) is 6.50. The fourth-order valence-corrected chi connectivity index (χ4v) is 2.76. The second-order valence-corrected chi connectivity index (χ2v) is 6.50. The minimum atomic E-state index is -0.382. The molecule has 0 saturated carbocycles. The third kappa shape index (κ3) is 4.28. The Morgan fingerprint density at radius 1 is 1.04 bits per heavy atom. The highest BCUT2D eigenvalue weighted by Crippen LogP contribution is 2.18. The highest BCUT2D eigenvalue weighted by molar-refractivity contribution is 5.91. The van der Waals surface area contributed by atoms with Crippen LogP contribution in [0, 0.1) is 26.6 Å². The molecule has 1 amide bonds. The van der Waals surface area contributed by atoms with Crippen LogP contribution >= 0.6 is 0 Å². The number of aromatic nitrogens is 2. The zero-order valence-electron chi connectivity index (χ0n) is 15.4. The molecular formula is C21H20FN3O2. The van der Waals surface area contributed by atoms with Gasteiger partial charge in [0.15, 0.2) is 0 Å². The first kappa shape index (κ1) is 18.5. The molecule has 3 aromatic rings. The fourth-order valence-electron chi connectivity index (χ4n) is 2.76. The van der Waals surface area contributed by atoms with Gasteiger partial charge in [0.1, 0.15) is 18.2 Å². The van der Waals surface area contributed by atoms with Crippen molar-refractivity contribution in [2.75, 3.05) is 5.32 Å². The van der Waals surface area contributed by atoms with E-state index >= 15 is 0 Å². The smallest absolute Gasteiger partial charge is 0.254 e. The topological polar surface area (TPSA) is 64.0 Å². The Kier molecular flexibility index (Phi) is 5.16. The number of amides is 1. The quantitative estimate of drug-likeness (QED) is 0.768. The van der Waals surface area contributed by atoms with Gasteiger partial charge in [-0.2, -0.15) is 0 Å². The Labute approximate surface area is 156 Å². The average Bonchev–Trinajstić information content (AvgIpc) is 2.61. The van der Waals surface area contributed by atoms with Gasteiger partial charge in [0.2, 0.25) is 5.91 Å². The molecular weight excluding hydrogens is 345 g/mol. The molecule has 27 heavy (non-hydrogen) atoms. The number of carbonyl (C=O) groups is 1. The monoisotopic (exact) mass is 365 g/mol. The molecule has 3 rings (SSSR count). The average molecular weight is 365 g/mol. The molecule has 0 bridgehead atoms. The lowest BCUT2D eigenvalue weighted by atomic mass is 10.1. The number of rotatable bonds is 4. The predicted molar refractivity (Wildman–Crippen MR) is 103 cm³/mol. The zero-order valence-corrected chi connectivity index (χ0v) is 15.4. The van der Waals surface area contributed by atoms with Gasteiger partial charge >= 0.3 is 0 Å². The van der Waals surface area contributed by atoms with Crippen LogP contribution in [0.3, 0.4) is 0 Å². The van der Waals surface area contributed by atoms with Crippen LogP contribution in [-0.4, -0.2) is 15.5 Å². The van der Waals surface area contributed by atoms with Gasteiger partial charge in [-0.15, -0.1) is 0 Å². The minimum Gasteiger partial charge on any atom is -0.325 e. The van der Waals surface area contributed by atoms with E-state index in [9.17, 15) is 14.0 Å². The van der Waals surface area contributed by atoms with Crippen LogP contribution < -0.4 is 10.9 Å². The Hall–Kier alpha value is -3.28. The SMILES string of the molecule is Cc1cc(=O)n(CC(=O)Nc2ccc(C)c(C)c2)c(-c2ccc(F)cc2)n1. The summed E-state index contributed by atoms with van der Waals surface area (Å²) in [4.78, 5) is 29.3. The number of halogens is 1. The highest BCUT2D eigenvalue weighted by atomic mass is 19.1. The van der Waals surface area contributed by atoms with E-state index in [4.69, 9.17) is 0 Å². The summed E-state index contributed by atoms with van der Waals surface area (Å²) in [6, 6.07) is 12.7. The van der Waals surface area contributed by atoms with E-state index in [1.54, 1.807) is 6.92 Å². The molecule has 138 valence electrons. The van der Waals surface area contributed by atoms with Gasteiger partial charge in [0, 0.05) is 23.0 Å². The number of aryl methyl sites for hydroxylation is 3. The largest absolute Gasteiger partial charge is 0.325 e. The van der Waals surface area contributed by atoms with Crippen LogP contribution in [-0.2, 0) is 11.3 Å². The lowest BCUT2D eigenvalue weighted by Crippen LogP contribution is -2.29. The predicted octanol–water partition coefficient (Wildman–Crippen LogP) is 3.61. The summed E-state index contributed by atoms with van der Waals surface area (Å²) in [6.07, 6.45) is 0. The molecule has 0 aliphatic carbocycles. The number of hydrogen-bond donors (Lipinski definition) is 1. The number of carbonyl (C=O) groups excluding carboxylic acids is 1. The van der Waals surface area contributed by atoms with Gasteiger partial charge in [0.25, 0.3) is 5.56 Å². The third-order valence-corrected chi connectivity index (χ3v) is 4.33. The van der Waals surface area contributed by atoms with Gasteiger partial charge in [-0.25, -0.2) is 9.37 Å². The number of hydrogen-bond acceptors (Lipinski definition) is 3. The van der Waals surface area contributed by atoms with Crippen LogP contribution in [0.25, 0.3) is 11.4 Å². The van der Waals surface area contributed by atoms with Gasteiger partial charge < -0.3 is 5.32 Å². The summed E-state index contributed by atoms with van der Waals surface area (Å²) in [6.45, 7) is 5.47. The van der Waals surface area contributed by atoms with E-state index in [-0.39, 0.29) is 23.8 Å². The maximum atomic E-state index is 13.2. The molecule has 0 aliphatic heterocycles. The number of nitrogens with zero attached hydrogens (tertiary/aromatic N) is 2. The first-order valence-corrected chi connectivity index (χ1v) is 8.55. The fraction of sp³-hybridized carbons (Fsp3) is 0.190. The molecule has 0 saturated heterocycles. The summed E-state index contributed by atoms with van der Waals surface area (Å²) in [7, 11) is 0. The van der Waals surface area contributed by atoms with Gasteiger partial charge in [-0.05, 0) is 68.3 Å². The van der Waals surface area contributed by atoms with E-state index < -0.39 is 0 Å². The molecule has 2 aromatic carbocycles. The molecule has 6 heteroatoms. The Morgan fingerprint density at radius 2 is 1.74 bits per heavy atom. The maximum absolute atomic E-state index is 13.2. The summed E-state index contributed by atoms with van der Waals surface area (Å²) >= 11 is 0. The molecule has 0 fully saturated rings. The first-order valence-electron chi connectivity index (χ1n) is 8.55. The van der Waals surface area contributed by atoms with Crippen molar-refractivity contribution < 1.29 is 9.18 Å². The lowest BCUT2D eigenvalue weighted by molar-refractivity contribution is -0.116. The van der Waals surface area contributed by atoms with Crippen molar-refractivity contribution in [1.82, 2.24) is 9.55 Å². The van der Waals surface area contributed by atoms with Crippen LogP contribution in [0.4, 0.5) is 10.1 Å². The van der Waals surface area contributed by atoms with Gasteiger partial charge in [-0.1, -0.05) is 6.07 Å². The van der Waals surface area contributed by atoms with Crippen molar-refractivity contribution >= 4 is 11.6 Å². The zero-order chi connectivity index (χ0) is 19.6. The summed E-state index contributed by atoms with van der Waals surface area (Å²) in [5.41, 5.74) is 3.62. The molecule has 1 aromatic heterocycles. The Balaban J connectivity index is 1.91. The van der Waals surface area contributed by atoms with Crippen LogP contribution in [0.1, 0.15) is 16.8 Å². The van der Waals surface area contributed by atoms with Crippen molar-refractivity contribution in [3.8, 4) is 11.4 Å². The molecule has 1 heterocycles. The van der Waals surface area contributed by atoms with Gasteiger partial charge in [-0.3, -0.25) is 14.2 Å². The molecule has 0 atom stereocenters. The number of anilines is 1. The standard InChI is InChI=1S/C21H20FN3O2/c1-13-4-9-18(10-14(13)2)24-19(26)12-25-20(27)11-15(3)23-21(25)16-5-7-17(22)8-6-16/h4-11H,12H2,1-3H3,(H,24,26). The molecule has 0 radical (unpaired) electrons. The highest BCUT2D eigenvalue weighted by Gasteiger charge is 2.13. The Morgan fingerprint density at radius 3 is 2.41 bits per heavy atom. The lowest BCUT2D eigenvalue weighted by Gasteiger charge is -2.13. The maximum Gasteiger partial charge on any atom is 0.254 e. The molecule has 0 spiro atoms. The second kappa shape index (κ2) is 7.53. The first-order chi connectivity index (χ1) is 12.8. The van der Waals surface area contributed by atoms with Crippen molar-refractivity contribution in [1.29, 1.82) is 0 Å². The molecule has 1 N–H and O–H groups in total. The van der Waals surface area contributed by atoms with Crippen LogP contribution in [0.5, 0.6) is 0 Å². The number of nitrogens with one attached hydrogen (secondary N) is 1. The number of benzene rings is 2. The van der Waals surface area contributed by atoms with E-state index in [2.05, 4.69) is 10.3 Å². The van der Waals surface area contributed by atoms with E-state index in [0.29, 0.717) is 22.8 Å². The van der Waals surface area contributed by atoms with E-state index in [1.165, 1.54) is 34.9 Å². The van der Waals surface area contributed by atoms with Crippen molar-refractivity contribution in [2.45, 2.75) is 27.3 Å². The molecule has 0 unspecified atom stereocenters. The minimum absolute atomic E-state index is 0.189. The third-order valence-electron chi connectivity index (χ3n) is 4.33. The van der Waals surface area contributed by atoms with Crippen LogP contribution in [0.2, 0.25) is 0 Å². The Bertz CT molecular complexity index is 1060. The van der Waals surface area contributed by atoms with Crippen molar-refractivity contribution in [2.24, 2.45) is 0 Å². The molecule has 0 aliphatic rings. The summed E-state index contributed by atoms with van der Waals surface area (Å²) < 4.78 is 14.5. The van der Waals surface area contributed by atoms with E-state index in [0.717, 1.165) is 11.1 Å². The summed E-state index contributed by atoms with van der Waals surface area (Å²) in [5.74, 6) is -0.391. The van der Waals surface area contributed by atoms with Crippen molar-refractivity contribution in [3.05, 3.63) is 81.5 Å². The normalized spacial score (nSPS) is 10.7. The van der Waals surface area contributed by atoms with Gasteiger partial charge in [0.05, 0.1) is 0 Å².